The van der Waals surface area contributed by atoms with Crippen LogP contribution in [-0.2, 0) is 4.79 Å². The normalized spacial score (nSPS) is 12.5. The van der Waals surface area contributed by atoms with Crippen molar-refractivity contribution in [1.82, 2.24) is 5.32 Å². The highest BCUT2D eigenvalue weighted by Crippen LogP contribution is 2.10. The van der Waals surface area contributed by atoms with Crippen molar-refractivity contribution >= 4 is 18.0 Å². The van der Waals surface area contributed by atoms with E-state index in [0.29, 0.717) is 18.0 Å². The van der Waals surface area contributed by atoms with Crippen LogP contribution in [0.1, 0.15) is 6.92 Å². The monoisotopic (exact) mass is 185 g/mol. The summed E-state index contributed by atoms with van der Waals surface area (Å²) < 4.78 is 0. The summed E-state index contributed by atoms with van der Waals surface area (Å²) in [5, 5.41) is 3.08. The fraction of sp³-hybridized carbons (Fsp3) is 0.222. The van der Waals surface area contributed by atoms with Crippen LogP contribution in [-0.4, -0.2) is 13.0 Å². The average molecular weight is 186 g/mol. The van der Waals surface area contributed by atoms with Crippen LogP contribution in [0.2, 0.25) is 0 Å². The molecule has 1 N–H and O–H groups in total. The summed E-state index contributed by atoms with van der Waals surface area (Å²) in [5.74, 6) is 0. The molecule has 0 aliphatic heterocycles. The van der Waals surface area contributed by atoms with Crippen molar-refractivity contribution in [2.75, 3.05) is 6.54 Å². The molecule has 0 spiro atoms. The number of hydrogen-bond donors (Lipinski definition) is 1. The molecule has 0 unspecified atom stereocenters. The zero-order valence-corrected chi connectivity index (χ0v) is 7.77. The predicted molar refractivity (Wildman–Crippen MR) is 52.0 cm³/mol. The first-order valence-electron chi connectivity index (χ1n) is 3.57. The van der Waals surface area contributed by atoms with E-state index in [1.165, 1.54) is 0 Å². The lowest BCUT2D eigenvalue weighted by molar-refractivity contribution is -0.109. The summed E-state index contributed by atoms with van der Waals surface area (Å²) in [7, 11) is 0. The summed E-state index contributed by atoms with van der Waals surface area (Å²) in [6.07, 6.45) is 5.87. The van der Waals surface area contributed by atoms with Gasteiger partial charge in [-0.05, 0) is 12.5 Å². The zero-order chi connectivity index (χ0) is 9.40. The molecule has 0 aromatic rings. The molecule has 0 aliphatic carbocycles. The van der Waals surface area contributed by atoms with Gasteiger partial charge in [0.05, 0.1) is 0 Å². The number of nitrogens with one attached hydrogen (secondary N) is 1. The van der Waals surface area contributed by atoms with Crippen molar-refractivity contribution in [3.05, 3.63) is 35.4 Å². The minimum absolute atomic E-state index is 0.429. The molecule has 66 valence electrons. The maximum atomic E-state index is 10.00. The molecule has 0 fully saturated rings. The lowest BCUT2D eigenvalue weighted by atomic mass is 10.2. The van der Waals surface area contributed by atoms with E-state index in [0.717, 1.165) is 5.57 Å². The molecule has 2 nitrogen and oxygen atoms in total. The molecular formula is C9H12ClNO. The fourth-order valence-corrected chi connectivity index (χ4v) is 0.837. The highest BCUT2D eigenvalue weighted by atomic mass is 35.5. The van der Waals surface area contributed by atoms with Gasteiger partial charge in [-0.25, -0.2) is 0 Å². The SMILES string of the molecule is C=C/C(Cl)=C(\C=C/C)CNC=O. The molecule has 12 heavy (non-hydrogen) atoms. The molecule has 0 aliphatic rings. The molecule has 1 amide bonds. The van der Waals surface area contributed by atoms with E-state index in [2.05, 4.69) is 11.9 Å². The Hall–Kier alpha value is -1.02. The van der Waals surface area contributed by atoms with E-state index in [9.17, 15) is 4.79 Å². The van der Waals surface area contributed by atoms with Gasteiger partial charge in [-0.15, -0.1) is 0 Å². The number of allylic oxidation sites excluding steroid dienone is 3. The van der Waals surface area contributed by atoms with Crippen LogP contribution >= 0.6 is 11.6 Å². The number of rotatable bonds is 5. The smallest absolute Gasteiger partial charge is 0.207 e. The maximum Gasteiger partial charge on any atom is 0.207 e. The van der Waals surface area contributed by atoms with E-state index in [1.54, 1.807) is 6.08 Å². The quantitative estimate of drug-likeness (QED) is 0.515. The van der Waals surface area contributed by atoms with Crippen molar-refractivity contribution in [3.8, 4) is 0 Å². The first kappa shape index (κ1) is 11.0. The molecule has 3 heteroatoms. The highest BCUT2D eigenvalue weighted by molar-refractivity contribution is 6.31. The summed E-state index contributed by atoms with van der Waals surface area (Å²) in [6, 6.07) is 0. The van der Waals surface area contributed by atoms with Crippen LogP contribution in [0, 0.1) is 0 Å². The molecule has 0 aromatic heterocycles. The minimum Gasteiger partial charge on any atom is -0.355 e. The number of hydrogen-bond acceptors (Lipinski definition) is 1. The summed E-state index contributed by atoms with van der Waals surface area (Å²) in [4.78, 5) is 10.00. The Bertz CT molecular complexity index is 219. The second-order valence-corrected chi connectivity index (χ2v) is 2.48. The van der Waals surface area contributed by atoms with Crippen molar-refractivity contribution in [2.45, 2.75) is 6.92 Å². The van der Waals surface area contributed by atoms with Crippen molar-refractivity contribution < 1.29 is 4.79 Å². The van der Waals surface area contributed by atoms with Gasteiger partial charge in [0.2, 0.25) is 6.41 Å². The van der Waals surface area contributed by atoms with E-state index in [1.807, 2.05) is 19.1 Å². The molecule has 0 saturated heterocycles. The first-order valence-corrected chi connectivity index (χ1v) is 3.94. The van der Waals surface area contributed by atoms with Gasteiger partial charge < -0.3 is 5.32 Å². The van der Waals surface area contributed by atoms with Crippen molar-refractivity contribution in [1.29, 1.82) is 0 Å². The lowest BCUT2D eigenvalue weighted by Crippen LogP contribution is -2.14. The van der Waals surface area contributed by atoms with Crippen molar-refractivity contribution in [3.63, 3.8) is 0 Å². The molecule has 0 aromatic carbocycles. The zero-order valence-electron chi connectivity index (χ0n) is 7.01. The largest absolute Gasteiger partial charge is 0.355 e. The fourth-order valence-electron chi connectivity index (χ4n) is 0.707. The van der Waals surface area contributed by atoms with Crippen LogP contribution in [0.25, 0.3) is 0 Å². The Kier molecular flexibility index (Phi) is 6.11. The third-order valence-corrected chi connectivity index (χ3v) is 1.63. The van der Waals surface area contributed by atoms with Gasteiger partial charge in [-0.3, -0.25) is 4.79 Å². The summed E-state index contributed by atoms with van der Waals surface area (Å²) >= 11 is 5.80. The Morgan fingerprint density at radius 3 is 2.75 bits per heavy atom. The van der Waals surface area contributed by atoms with Gasteiger partial charge in [-0.1, -0.05) is 36.4 Å². The second kappa shape index (κ2) is 6.68. The molecule has 0 radical (unpaired) electrons. The van der Waals surface area contributed by atoms with Crippen LogP contribution < -0.4 is 5.32 Å². The van der Waals surface area contributed by atoms with Gasteiger partial charge in [0, 0.05) is 11.6 Å². The predicted octanol–water partition coefficient (Wildman–Crippen LogP) is 1.99. The highest BCUT2D eigenvalue weighted by Gasteiger charge is 1.95. The maximum absolute atomic E-state index is 10.00. The van der Waals surface area contributed by atoms with Gasteiger partial charge in [0.1, 0.15) is 0 Å². The third-order valence-electron chi connectivity index (χ3n) is 1.23. The van der Waals surface area contributed by atoms with E-state index in [-0.39, 0.29) is 0 Å². The molecule has 0 atom stereocenters. The summed E-state index contributed by atoms with van der Waals surface area (Å²) in [6.45, 7) is 5.84. The topological polar surface area (TPSA) is 29.1 Å². The standard InChI is InChI=1S/C9H12ClNO/c1-3-5-8(6-11-7-12)9(10)4-2/h3-5,7H,2,6H2,1H3,(H,11,12)/b5-3-,9-8-. The third kappa shape index (κ3) is 3.98. The number of halogens is 1. The average Bonchev–Trinajstić information content (AvgIpc) is 2.11. The number of carbonyl (C=O) groups is 1. The van der Waals surface area contributed by atoms with E-state index < -0.39 is 0 Å². The molecule has 0 rings (SSSR count). The van der Waals surface area contributed by atoms with Crippen LogP contribution in [0.4, 0.5) is 0 Å². The molecular weight excluding hydrogens is 174 g/mol. The Balaban J connectivity index is 4.41. The van der Waals surface area contributed by atoms with Gasteiger partial charge in [-0.2, -0.15) is 0 Å². The second-order valence-electron chi connectivity index (χ2n) is 2.08. The van der Waals surface area contributed by atoms with Crippen LogP contribution in [0.3, 0.4) is 0 Å². The van der Waals surface area contributed by atoms with E-state index in [4.69, 9.17) is 11.6 Å². The number of carbonyl (C=O) groups excluding carboxylic acids is 1. The van der Waals surface area contributed by atoms with Gasteiger partial charge in [0.25, 0.3) is 0 Å². The van der Waals surface area contributed by atoms with Gasteiger partial charge in [0.15, 0.2) is 0 Å². The molecule has 0 heterocycles. The Morgan fingerprint density at radius 2 is 2.33 bits per heavy atom. The van der Waals surface area contributed by atoms with Crippen LogP contribution in [0.5, 0.6) is 0 Å². The molecule has 0 bridgehead atoms. The lowest BCUT2D eigenvalue weighted by Gasteiger charge is -2.01. The Labute approximate surface area is 77.6 Å². The molecule has 0 saturated carbocycles. The van der Waals surface area contributed by atoms with Gasteiger partial charge >= 0.3 is 0 Å². The first-order chi connectivity index (χ1) is 5.76. The van der Waals surface area contributed by atoms with Crippen LogP contribution in [0.15, 0.2) is 35.4 Å². The number of amides is 1. The van der Waals surface area contributed by atoms with E-state index >= 15 is 0 Å². The summed E-state index contributed by atoms with van der Waals surface area (Å²) in [5.41, 5.74) is 0.848. The Morgan fingerprint density at radius 1 is 1.67 bits per heavy atom. The minimum atomic E-state index is 0.429. The van der Waals surface area contributed by atoms with Crippen molar-refractivity contribution in [2.24, 2.45) is 0 Å².